The van der Waals surface area contributed by atoms with Crippen LogP contribution in [0.5, 0.6) is 0 Å². The molecule has 2 aromatic rings. The van der Waals surface area contributed by atoms with Gasteiger partial charge in [-0.2, -0.15) is 0 Å². The summed E-state index contributed by atoms with van der Waals surface area (Å²) >= 11 is 0. The molecule has 0 aliphatic rings. The zero-order valence-corrected chi connectivity index (χ0v) is 9.37. The Morgan fingerprint density at radius 3 is 2.94 bits per heavy atom. The summed E-state index contributed by atoms with van der Waals surface area (Å²) in [5.74, 6) is 0. The number of aliphatic hydroxyl groups is 1. The molecular formula is C13H16N2O. The van der Waals surface area contributed by atoms with E-state index in [0.29, 0.717) is 0 Å². The smallest absolute Gasteiger partial charge is 0.0776 e. The molecule has 0 radical (unpaired) electrons. The summed E-state index contributed by atoms with van der Waals surface area (Å²) in [6.45, 7) is 2.69. The third-order valence-corrected chi connectivity index (χ3v) is 2.64. The fourth-order valence-electron chi connectivity index (χ4n) is 1.65. The van der Waals surface area contributed by atoms with Gasteiger partial charge in [-0.15, -0.1) is 0 Å². The van der Waals surface area contributed by atoms with Crippen LogP contribution in [0, 0.1) is 0 Å². The molecule has 0 aliphatic heterocycles. The highest BCUT2D eigenvalue weighted by molar-refractivity contribution is 5.13. The topological polar surface area (TPSA) is 38.0 Å². The minimum absolute atomic E-state index is 0.389. The lowest BCUT2D eigenvalue weighted by molar-refractivity contribution is 0.199. The van der Waals surface area contributed by atoms with E-state index in [9.17, 15) is 5.11 Å². The lowest BCUT2D eigenvalue weighted by atomic mass is 10.2. The number of hydrogen-bond donors (Lipinski definition) is 1. The highest BCUT2D eigenvalue weighted by Crippen LogP contribution is 2.12. The van der Waals surface area contributed by atoms with Gasteiger partial charge in [-0.1, -0.05) is 6.07 Å². The maximum absolute atomic E-state index is 9.40. The van der Waals surface area contributed by atoms with Gasteiger partial charge < -0.3 is 9.67 Å². The molecule has 0 aliphatic carbocycles. The zero-order valence-electron chi connectivity index (χ0n) is 9.37. The molecule has 0 spiro atoms. The Kier molecular flexibility index (Phi) is 3.37. The molecule has 1 N–H and O–H groups in total. The van der Waals surface area contributed by atoms with E-state index in [1.165, 1.54) is 5.56 Å². The predicted molar refractivity (Wildman–Crippen MR) is 63.0 cm³/mol. The van der Waals surface area contributed by atoms with Crippen LogP contribution in [0.25, 0.3) is 0 Å². The number of aliphatic hydroxyl groups excluding tert-OH is 1. The van der Waals surface area contributed by atoms with Crippen LogP contribution < -0.4 is 0 Å². The van der Waals surface area contributed by atoms with E-state index in [1.807, 2.05) is 30.7 Å². The summed E-state index contributed by atoms with van der Waals surface area (Å²) in [7, 11) is 0. The molecule has 0 fully saturated rings. The third kappa shape index (κ3) is 2.70. The van der Waals surface area contributed by atoms with Crippen LogP contribution in [-0.4, -0.2) is 14.7 Å². The molecule has 84 valence electrons. The van der Waals surface area contributed by atoms with Crippen molar-refractivity contribution in [1.82, 2.24) is 9.55 Å². The molecule has 16 heavy (non-hydrogen) atoms. The Balaban J connectivity index is 1.95. The quantitative estimate of drug-likeness (QED) is 0.850. The predicted octanol–water partition coefficient (Wildman–Crippen LogP) is 2.18. The lowest BCUT2D eigenvalue weighted by Gasteiger charge is -2.03. The van der Waals surface area contributed by atoms with Crippen molar-refractivity contribution in [1.29, 1.82) is 0 Å². The Morgan fingerprint density at radius 2 is 2.31 bits per heavy atom. The first-order valence-corrected chi connectivity index (χ1v) is 5.48. The standard InChI is InChI=1S/C13H16N2O/c1-11(16)13-5-8-15(10-13)7-4-12-3-2-6-14-9-12/h2-3,5-6,8-11,16H,4,7H2,1H3. The van der Waals surface area contributed by atoms with Crippen LogP contribution in [0.3, 0.4) is 0 Å². The van der Waals surface area contributed by atoms with E-state index in [4.69, 9.17) is 0 Å². The largest absolute Gasteiger partial charge is 0.389 e. The monoisotopic (exact) mass is 216 g/mol. The summed E-state index contributed by atoms with van der Waals surface area (Å²) in [4.78, 5) is 4.08. The maximum Gasteiger partial charge on any atom is 0.0776 e. The van der Waals surface area contributed by atoms with E-state index < -0.39 is 0 Å². The minimum Gasteiger partial charge on any atom is -0.389 e. The zero-order chi connectivity index (χ0) is 11.4. The molecule has 0 aromatic carbocycles. The van der Waals surface area contributed by atoms with Crippen LogP contribution in [0.15, 0.2) is 43.0 Å². The first kappa shape index (κ1) is 10.9. The van der Waals surface area contributed by atoms with E-state index in [1.54, 1.807) is 13.1 Å². The number of aromatic nitrogens is 2. The minimum atomic E-state index is -0.389. The van der Waals surface area contributed by atoms with Gasteiger partial charge in [-0.05, 0) is 36.6 Å². The van der Waals surface area contributed by atoms with Crippen molar-refractivity contribution in [3.63, 3.8) is 0 Å². The van der Waals surface area contributed by atoms with Crippen molar-refractivity contribution in [3.8, 4) is 0 Å². The highest BCUT2D eigenvalue weighted by atomic mass is 16.3. The van der Waals surface area contributed by atoms with Crippen molar-refractivity contribution >= 4 is 0 Å². The summed E-state index contributed by atoms with van der Waals surface area (Å²) in [6, 6.07) is 5.98. The maximum atomic E-state index is 9.40. The summed E-state index contributed by atoms with van der Waals surface area (Å²) < 4.78 is 2.09. The van der Waals surface area contributed by atoms with Crippen LogP contribution in [0.2, 0.25) is 0 Å². The van der Waals surface area contributed by atoms with Gasteiger partial charge >= 0.3 is 0 Å². The summed E-state index contributed by atoms with van der Waals surface area (Å²) in [5.41, 5.74) is 2.20. The summed E-state index contributed by atoms with van der Waals surface area (Å²) in [5, 5.41) is 9.40. The van der Waals surface area contributed by atoms with Gasteiger partial charge in [0.2, 0.25) is 0 Å². The van der Waals surface area contributed by atoms with Crippen molar-refractivity contribution in [3.05, 3.63) is 54.1 Å². The fourth-order valence-corrected chi connectivity index (χ4v) is 1.65. The summed E-state index contributed by atoms with van der Waals surface area (Å²) in [6.07, 6.45) is 8.23. The molecule has 1 atom stereocenters. The van der Waals surface area contributed by atoms with E-state index >= 15 is 0 Å². The highest BCUT2D eigenvalue weighted by Gasteiger charge is 2.02. The molecule has 3 nitrogen and oxygen atoms in total. The third-order valence-electron chi connectivity index (χ3n) is 2.64. The molecule has 0 saturated carbocycles. The van der Waals surface area contributed by atoms with E-state index in [2.05, 4.69) is 15.6 Å². The molecule has 2 aromatic heterocycles. The second-order valence-electron chi connectivity index (χ2n) is 3.97. The molecule has 2 rings (SSSR count). The van der Waals surface area contributed by atoms with Crippen molar-refractivity contribution in [2.24, 2.45) is 0 Å². The fraction of sp³-hybridized carbons (Fsp3) is 0.308. The van der Waals surface area contributed by atoms with Gasteiger partial charge in [0, 0.05) is 31.3 Å². The Morgan fingerprint density at radius 1 is 1.44 bits per heavy atom. The average Bonchev–Trinajstić information content (AvgIpc) is 2.76. The number of nitrogens with zero attached hydrogens (tertiary/aromatic N) is 2. The average molecular weight is 216 g/mol. The molecular weight excluding hydrogens is 200 g/mol. The van der Waals surface area contributed by atoms with Crippen LogP contribution >= 0.6 is 0 Å². The van der Waals surface area contributed by atoms with Crippen LogP contribution in [0.4, 0.5) is 0 Å². The molecule has 0 bridgehead atoms. The van der Waals surface area contributed by atoms with Crippen molar-refractivity contribution < 1.29 is 5.11 Å². The van der Waals surface area contributed by atoms with Crippen LogP contribution in [-0.2, 0) is 13.0 Å². The number of hydrogen-bond acceptors (Lipinski definition) is 2. The molecule has 3 heteroatoms. The molecule has 1 unspecified atom stereocenters. The second-order valence-corrected chi connectivity index (χ2v) is 3.97. The molecule has 0 amide bonds. The van der Waals surface area contributed by atoms with Gasteiger partial charge in [-0.3, -0.25) is 4.98 Å². The molecule has 0 saturated heterocycles. The van der Waals surface area contributed by atoms with Gasteiger partial charge in [0.15, 0.2) is 0 Å². The van der Waals surface area contributed by atoms with Crippen molar-refractivity contribution in [2.75, 3.05) is 0 Å². The van der Waals surface area contributed by atoms with E-state index in [-0.39, 0.29) is 6.10 Å². The Hall–Kier alpha value is -1.61. The van der Waals surface area contributed by atoms with Gasteiger partial charge in [0.1, 0.15) is 0 Å². The lowest BCUT2D eigenvalue weighted by Crippen LogP contribution is -1.99. The van der Waals surface area contributed by atoms with Crippen LogP contribution in [0.1, 0.15) is 24.2 Å². The SMILES string of the molecule is CC(O)c1ccn(CCc2cccnc2)c1. The van der Waals surface area contributed by atoms with Gasteiger partial charge in [-0.25, -0.2) is 0 Å². The van der Waals surface area contributed by atoms with E-state index in [0.717, 1.165) is 18.5 Å². The first-order valence-electron chi connectivity index (χ1n) is 5.48. The van der Waals surface area contributed by atoms with Gasteiger partial charge in [0.05, 0.1) is 6.10 Å². The number of pyridine rings is 1. The Labute approximate surface area is 95.4 Å². The second kappa shape index (κ2) is 4.94. The first-order chi connectivity index (χ1) is 7.75. The number of rotatable bonds is 4. The van der Waals surface area contributed by atoms with Gasteiger partial charge in [0.25, 0.3) is 0 Å². The molecule has 2 heterocycles. The normalized spacial score (nSPS) is 12.6. The number of aryl methyl sites for hydroxylation is 2. The van der Waals surface area contributed by atoms with Crippen molar-refractivity contribution in [2.45, 2.75) is 26.0 Å². The Bertz CT molecular complexity index is 434.